The number of anilines is 2. The number of nitrogen functional groups attached to an aromatic ring is 1. The van der Waals surface area contributed by atoms with Crippen molar-refractivity contribution in [3.8, 4) is 0 Å². The summed E-state index contributed by atoms with van der Waals surface area (Å²) in [7, 11) is 0. The third kappa shape index (κ3) is 4.02. The van der Waals surface area contributed by atoms with Gasteiger partial charge in [-0.2, -0.15) is 4.98 Å². The van der Waals surface area contributed by atoms with Gasteiger partial charge in [-0.25, -0.2) is 4.98 Å². The van der Waals surface area contributed by atoms with Gasteiger partial charge >= 0.3 is 0 Å². The molecule has 2 aromatic rings. The van der Waals surface area contributed by atoms with Crippen LogP contribution in [0.4, 0.5) is 11.8 Å². The number of nitrogens with zero attached hydrogens (tertiary/aromatic N) is 3. The molecule has 2 atom stereocenters. The lowest BCUT2D eigenvalue weighted by molar-refractivity contribution is -0.0640. The van der Waals surface area contributed by atoms with Crippen LogP contribution in [-0.4, -0.2) is 40.5 Å². The highest BCUT2D eigenvalue weighted by atomic mass is 35.5. The van der Waals surface area contributed by atoms with Crippen LogP contribution in [-0.2, 0) is 16.1 Å². The number of hydrogen-bond acceptors (Lipinski definition) is 8. The normalized spacial score (nSPS) is 20.6. The molecule has 0 radical (unpaired) electrons. The molecule has 25 heavy (non-hydrogen) atoms. The molecule has 1 fully saturated rings. The summed E-state index contributed by atoms with van der Waals surface area (Å²) in [4.78, 5) is 8.26. The molecule has 1 aliphatic heterocycles. The van der Waals surface area contributed by atoms with Crippen molar-refractivity contribution in [1.29, 1.82) is 0 Å². The number of nitrogens with two attached hydrogens (primary N) is 1. The molecule has 0 aliphatic carbocycles. The molecular weight excluding hydrogens is 346 g/mol. The Kier molecular flexibility index (Phi) is 5.41. The average molecular weight is 368 g/mol. The molecule has 1 aliphatic rings. The molecule has 9 heteroatoms. The van der Waals surface area contributed by atoms with Crippen LogP contribution < -0.4 is 11.1 Å². The first kappa shape index (κ1) is 17.9. The van der Waals surface area contributed by atoms with Crippen LogP contribution in [0.25, 0.3) is 0 Å². The van der Waals surface area contributed by atoms with Crippen molar-refractivity contribution >= 4 is 23.4 Å². The number of aromatic nitrogens is 3. The second-order valence-electron chi connectivity index (χ2n) is 6.10. The van der Waals surface area contributed by atoms with Crippen molar-refractivity contribution in [2.75, 3.05) is 24.3 Å². The first-order valence-corrected chi connectivity index (χ1v) is 8.50. The minimum Gasteiger partial charge on any atom is -0.379 e. The van der Waals surface area contributed by atoms with E-state index in [1.165, 1.54) is 0 Å². The lowest BCUT2D eigenvalue weighted by Gasteiger charge is -2.32. The summed E-state index contributed by atoms with van der Waals surface area (Å²) in [5, 5.41) is 7.74. The maximum absolute atomic E-state index is 6.30. The van der Waals surface area contributed by atoms with Crippen LogP contribution in [0.15, 0.2) is 4.52 Å². The number of nitrogens with one attached hydrogen (secondary N) is 1. The molecule has 0 unspecified atom stereocenters. The maximum atomic E-state index is 6.30. The van der Waals surface area contributed by atoms with Crippen LogP contribution in [0.1, 0.15) is 29.1 Å². The summed E-state index contributed by atoms with van der Waals surface area (Å²) >= 11 is 6.30. The summed E-state index contributed by atoms with van der Waals surface area (Å²) in [6.45, 7) is 7.10. The topological polar surface area (TPSA) is 108 Å². The summed E-state index contributed by atoms with van der Waals surface area (Å²) in [6.07, 6.45) is 0.612. The van der Waals surface area contributed by atoms with Gasteiger partial charge in [0.25, 0.3) is 0 Å². The van der Waals surface area contributed by atoms with E-state index in [-0.39, 0.29) is 18.1 Å². The van der Waals surface area contributed by atoms with E-state index in [1.54, 1.807) is 6.92 Å². The van der Waals surface area contributed by atoms with Crippen LogP contribution in [0, 0.1) is 20.8 Å². The first-order chi connectivity index (χ1) is 12.0. The zero-order valence-corrected chi connectivity index (χ0v) is 15.3. The molecule has 136 valence electrons. The minimum atomic E-state index is -0.157. The molecule has 0 bridgehead atoms. The second-order valence-corrected chi connectivity index (χ2v) is 6.47. The van der Waals surface area contributed by atoms with E-state index in [2.05, 4.69) is 20.4 Å². The molecule has 0 spiro atoms. The Morgan fingerprint density at radius 2 is 2.08 bits per heavy atom. The van der Waals surface area contributed by atoms with Crippen molar-refractivity contribution in [2.45, 2.75) is 45.9 Å². The molecule has 0 amide bonds. The Bertz CT molecular complexity index is 732. The Labute approximate surface area is 151 Å². The van der Waals surface area contributed by atoms with Gasteiger partial charge in [-0.15, -0.1) is 0 Å². The summed E-state index contributed by atoms with van der Waals surface area (Å²) in [5.41, 5.74) is 8.16. The van der Waals surface area contributed by atoms with Gasteiger partial charge in [0.2, 0.25) is 5.95 Å². The predicted molar refractivity (Wildman–Crippen MR) is 93.6 cm³/mol. The van der Waals surface area contributed by atoms with Gasteiger partial charge in [-0.3, -0.25) is 0 Å². The predicted octanol–water partition coefficient (Wildman–Crippen LogP) is 2.41. The Morgan fingerprint density at radius 3 is 2.80 bits per heavy atom. The van der Waals surface area contributed by atoms with E-state index in [4.69, 9.17) is 31.3 Å². The number of aryl methyl sites for hydroxylation is 3. The quantitative estimate of drug-likeness (QED) is 0.829. The Hall–Kier alpha value is -1.90. The minimum absolute atomic E-state index is 0.000391. The Balaban J connectivity index is 1.71. The maximum Gasteiger partial charge on any atom is 0.222 e. The van der Waals surface area contributed by atoms with Gasteiger partial charge in [0, 0.05) is 12.2 Å². The summed E-state index contributed by atoms with van der Waals surface area (Å²) in [5.74, 6) is 1.47. The molecule has 0 aromatic carbocycles. The highest BCUT2D eigenvalue weighted by Gasteiger charge is 2.28. The van der Waals surface area contributed by atoms with E-state index in [9.17, 15) is 0 Å². The third-order valence-electron chi connectivity index (χ3n) is 4.28. The molecular formula is C16H22ClN5O3. The zero-order chi connectivity index (χ0) is 18.0. The van der Waals surface area contributed by atoms with Crippen molar-refractivity contribution in [1.82, 2.24) is 15.1 Å². The van der Waals surface area contributed by atoms with Crippen LogP contribution in [0.2, 0.25) is 5.02 Å². The van der Waals surface area contributed by atoms with Gasteiger partial charge < -0.3 is 25.0 Å². The fourth-order valence-corrected chi connectivity index (χ4v) is 2.93. The van der Waals surface area contributed by atoms with Crippen LogP contribution in [0.3, 0.4) is 0 Å². The molecule has 3 heterocycles. The molecule has 3 N–H and O–H groups in total. The van der Waals surface area contributed by atoms with Gasteiger partial charge in [-0.1, -0.05) is 16.8 Å². The fourth-order valence-electron chi connectivity index (χ4n) is 2.79. The lowest BCUT2D eigenvalue weighted by Crippen LogP contribution is -2.44. The molecule has 3 rings (SSSR count). The highest BCUT2D eigenvalue weighted by molar-refractivity contribution is 6.33. The second kappa shape index (κ2) is 7.55. The fraction of sp³-hybridized carbons (Fsp3) is 0.562. The van der Waals surface area contributed by atoms with Gasteiger partial charge in [0.05, 0.1) is 30.6 Å². The van der Waals surface area contributed by atoms with Crippen molar-refractivity contribution in [3.63, 3.8) is 0 Å². The van der Waals surface area contributed by atoms with Gasteiger partial charge in [0.1, 0.15) is 16.9 Å². The summed E-state index contributed by atoms with van der Waals surface area (Å²) < 4.78 is 16.8. The standard InChI is InChI=1S/C16H22ClN5O3/c1-8-11(10(3)25-22-8)6-24-13-7-23-5-4-12(13)20-15-14(17)9(2)19-16(18)21-15/h12-13H,4-7H2,1-3H3,(H3,18,19,20,21)/t12-,13-/m1/s1. The largest absolute Gasteiger partial charge is 0.379 e. The highest BCUT2D eigenvalue weighted by Crippen LogP contribution is 2.26. The smallest absolute Gasteiger partial charge is 0.222 e. The van der Waals surface area contributed by atoms with Crippen molar-refractivity contribution < 1.29 is 14.0 Å². The molecule has 0 saturated carbocycles. The SMILES string of the molecule is Cc1nc(N)nc(N[C@@H]2CCOC[C@H]2OCc2c(C)noc2C)c1Cl. The lowest BCUT2D eigenvalue weighted by atomic mass is 10.1. The first-order valence-electron chi connectivity index (χ1n) is 8.13. The zero-order valence-electron chi connectivity index (χ0n) is 14.5. The number of rotatable bonds is 5. The van der Waals surface area contributed by atoms with E-state index < -0.39 is 0 Å². The van der Waals surface area contributed by atoms with E-state index in [0.717, 1.165) is 23.4 Å². The number of hydrogen-bond donors (Lipinski definition) is 2. The van der Waals surface area contributed by atoms with Crippen molar-refractivity contribution in [2.24, 2.45) is 0 Å². The van der Waals surface area contributed by atoms with Gasteiger partial charge in [-0.05, 0) is 27.2 Å². The van der Waals surface area contributed by atoms with E-state index in [1.807, 2.05) is 13.8 Å². The van der Waals surface area contributed by atoms with Crippen molar-refractivity contribution in [3.05, 3.63) is 27.7 Å². The summed E-state index contributed by atoms with van der Waals surface area (Å²) in [6, 6.07) is 0.000391. The monoisotopic (exact) mass is 367 g/mol. The van der Waals surface area contributed by atoms with Crippen LogP contribution in [0.5, 0.6) is 0 Å². The molecule has 1 saturated heterocycles. The van der Waals surface area contributed by atoms with Crippen LogP contribution >= 0.6 is 11.6 Å². The van der Waals surface area contributed by atoms with E-state index in [0.29, 0.717) is 36.4 Å². The molecule has 2 aromatic heterocycles. The average Bonchev–Trinajstić information content (AvgIpc) is 2.90. The third-order valence-corrected chi connectivity index (χ3v) is 4.74. The molecule has 8 nitrogen and oxygen atoms in total. The Morgan fingerprint density at radius 1 is 1.28 bits per heavy atom. The number of ether oxygens (including phenoxy) is 2. The van der Waals surface area contributed by atoms with Gasteiger partial charge in [0.15, 0.2) is 5.82 Å². The number of halogens is 1. The van der Waals surface area contributed by atoms with E-state index >= 15 is 0 Å².